The first-order chi connectivity index (χ1) is 13.1. The zero-order valence-corrected chi connectivity index (χ0v) is 14.1. The van der Waals surface area contributed by atoms with Crippen LogP contribution >= 0.6 is 0 Å². The molecule has 0 spiro atoms. The van der Waals surface area contributed by atoms with Crippen molar-refractivity contribution < 1.29 is 14.6 Å². The van der Waals surface area contributed by atoms with Crippen molar-refractivity contribution in [3.05, 3.63) is 101 Å². The Balaban J connectivity index is 1.79. The third-order valence-corrected chi connectivity index (χ3v) is 4.29. The topological polar surface area (TPSA) is 75.9 Å². The average molecular weight is 361 g/mol. The molecule has 4 rings (SSSR count). The van der Waals surface area contributed by atoms with Gasteiger partial charge in [-0.15, -0.1) is 0 Å². The third kappa shape index (κ3) is 3.06. The summed E-state index contributed by atoms with van der Waals surface area (Å²) in [4.78, 5) is 30.2. The van der Waals surface area contributed by atoms with E-state index in [2.05, 4.69) is 0 Å². The highest BCUT2D eigenvalue weighted by Crippen LogP contribution is 2.39. The van der Waals surface area contributed by atoms with Crippen LogP contribution in [0.4, 0.5) is 21.9 Å². The maximum Gasteiger partial charge on any atom is 0.440 e. The van der Waals surface area contributed by atoms with Gasteiger partial charge in [-0.2, -0.15) is 5.06 Å². The number of nitrogens with zero attached hydrogens (tertiary/aromatic N) is 3. The van der Waals surface area contributed by atoms with Crippen LogP contribution in [0.15, 0.2) is 84.9 Å². The van der Waals surface area contributed by atoms with Crippen LogP contribution in [0.25, 0.3) is 0 Å². The number of non-ortho nitro benzene ring substituents is 1. The fourth-order valence-electron chi connectivity index (χ4n) is 3.04. The van der Waals surface area contributed by atoms with E-state index in [1.165, 1.54) is 17.0 Å². The van der Waals surface area contributed by atoms with Crippen molar-refractivity contribution in [1.82, 2.24) is 0 Å². The maximum atomic E-state index is 12.7. The minimum absolute atomic E-state index is 0.0394. The Hall–Kier alpha value is -3.87. The number of hydroxylamine groups is 1. The number of rotatable bonds is 4. The number of nitro groups is 1. The summed E-state index contributed by atoms with van der Waals surface area (Å²) in [7, 11) is 0. The fraction of sp³-hybridized carbons (Fsp3) is 0.0500. The van der Waals surface area contributed by atoms with Crippen molar-refractivity contribution in [1.29, 1.82) is 0 Å². The highest BCUT2D eigenvalue weighted by atomic mass is 16.7. The van der Waals surface area contributed by atoms with E-state index in [1.54, 1.807) is 17.2 Å². The van der Waals surface area contributed by atoms with Crippen molar-refractivity contribution in [3.8, 4) is 0 Å². The van der Waals surface area contributed by atoms with E-state index in [0.717, 1.165) is 11.3 Å². The standard InChI is InChI=1S/C20H15N3O4/c24-20-21(16-11-13-18(14-12-16)23(25)26)19(15-7-3-1-4-8-15)22(27-20)17-9-5-2-6-10-17/h1-14,19H. The van der Waals surface area contributed by atoms with Crippen LogP contribution in [0.1, 0.15) is 11.7 Å². The van der Waals surface area contributed by atoms with Gasteiger partial charge in [-0.3, -0.25) is 10.1 Å². The first kappa shape index (κ1) is 16.6. The van der Waals surface area contributed by atoms with Crippen LogP contribution in [0.2, 0.25) is 0 Å². The van der Waals surface area contributed by atoms with Gasteiger partial charge in [-0.25, -0.2) is 9.69 Å². The number of amides is 1. The summed E-state index contributed by atoms with van der Waals surface area (Å²) >= 11 is 0. The largest absolute Gasteiger partial charge is 0.440 e. The van der Waals surface area contributed by atoms with E-state index in [9.17, 15) is 14.9 Å². The lowest BCUT2D eigenvalue weighted by atomic mass is 10.1. The molecule has 0 aliphatic carbocycles. The molecule has 27 heavy (non-hydrogen) atoms. The number of para-hydroxylation sites is 1. The van der Waals surface area contributed by atoms with E-state index < -0.39 is 17.2 Å². The van der Waals surface area contributed by atoms with Crippen LogP contribution in [0, 0.1) is 10.1 Å². The molecule has 1 unspecified atom stereocenters. The summed E-state index contributed by atoms with van der Waals surface area (Å²) in [5, 5.41) is 12.5. The van der Waals surface area contributed by atoms with E-state index in [1.807, 2.05) is 60.7 Å². The summed E-state index contributed by atoms with van der Waals surface area (Å²) in [5.74, 6) is 0. The van der Waals surface area contributed by atoms with Gasteiger partial charge in [-0.05, 0) is 29.8 Å². The number of benzene rings is 3. The van der Waals surface area contributed by atoms with Gasteiger partial charge in [0.2, 0.25) is 0 Å². The quantitative estimate of drug-likeness (QED) is 0.498. The molecule has 1 saturated heterocycles. The Labute approximate surface area is 155 Å². The van der Waals surface area contributed by atoms with Crippen LogP contribution < -0.4 is 9.96 Å². The van der Waals surface area contributed by atoms with Gasteiger partial charge >= 0.3 is 6.09 Å². The van der Waals surface area contributed by atoms with Gasteiger partial charge in [0.15, 0.2) is 6.17 Å². The molecule has 0 bridgehead atoms. The fourth-order valence-corrected chi connectivity index (χ4v) is 3.04. The Kier molecular flexibility index (Phi) is 4.18. The van der Waals surface area contributed by atoms with E-state index in [-0.39, 0.29) is 5.69 Å². The lowest BCUT2D eigenvalue weighted by Gasteiger charge is -2.27. The Morgan fingerprint density at radius 1 is 0.815 bits per heavy atom. The molecule has 0 aromatic heterocycles. The SMILES string of the molecule is O=C1ON(c2ccccc2)C(c2ccccc2)N1c1ccc([N+](=O)[O-])cc1. The predicted octanol–water partition coefficient (Wildman–Crippen LogP) is 4.67. The molecule has 7 heteroatoms. The molecule has 3 aromatic carbocycles. The van der Waals surface area contributed by atoms with Crippen molar-refractivity contribution in [2.24, 2.45) is 0 Å². The number of hydrogen-bond donors (Lipinski definition) is 0. The van der Waals surface area contributed by atoms with Gasteiger partial charge in [-0.1, -0.05) is 48.5 Å². The van der Waals surface area contributed by atoms with E-state index in [0.29, 0.717) is 5.69 Å². The molecular weight excluding hydrogens is 346 g/mol. The zero-order chi connectivity index (χ0) is 18.8. The first-order valence-corrected chi connectivity index (χ1v) is 8.30. The lowest BCUT2D eigenvalue weighted by Crippen LogP contribution is -2.31. The van der Waals surface area contributed by atoms with Gasteiger partial charge in [0.1, 0.15) is 0 Å². The molecule has 1 aliphatic heterocycles. The Morgan fingerprint density at radius 2 is 1.41 bits per heavy atom. The highest BCUT2D eigenvalue weighted by molar-refractivity contribution is 5.92. The van der Waals surface area contributed by atoms with Gasteiger partial charge < -0.3 is 4.84 Å². The van der Waals surface area contributed by atoms with Gasteiger partial charge in [0.05, 0.1) is 16.3 Å². The first-order valence-electron chi connectivity index (χ1n) is 8.30. The summed E-state index contributed by atoms with van der Waals surface area (Å²) in [6, 6.07) is 24.6. The highest BCUT2D eigenvalue weighted by Gasteiger charge is 2.42. The van der Waals surface area contributed by atoms with Gasteiger partial charge in [0, 0.05) is 12.1 Å². The molecular formula is C20H15N3O4. The van der Waals surface area contributed by atoms with Crippen molar-refractivity contribution >= 4 is 23.2 Å². The molecule has 0 radical (unpaired) electrons. The number of hydrogen-bond acceptors (Lipinski definition) is 5. The molecule has 0 saturated carbocycles. The minimum atomic E-state index is -0.554. The second-order valence-electron chi connectivity index (χ2n) is 5.95. The molecule has 1 heterocycles. The maximum absolute atomic E-state index is 12.7. The summed E-state index contributed by atoms with van der Waals surface area (Å²) in [6.45, 7) is 0. The number of nitro benzene ring substituents is 1. The predicted molar refractivity (Wildman–Crippen MR) is 100 cm³/mol. The molecule has 1 fully saturated rings. The third-order valence-electron chi connectivity index (χ3n) is 4.29. The molecule has 0 N–H and O–H groups in total. The summed E-state index contributed by atoms with van der Waals surface area (Å²) < 4.78 is 0. The average Bonchev–Trinajstić information content (AvgIpc) is 3.06. The van der Waals surface area contributed by atoms with Gasteiger partial charge in [0.25, 0.3) is 5.69 Å². The molecule has 3 aromatic rings. The second kappa shape index (κ2) is 6.80. The Bertz CT molecular complexity index is 962. The Morgan fingerprint density at radius 3 is 2.00 bits per heavy atom. The zero-order valence-electron chi connectivity index (χ0n) is 14.1. The van der Waals surface area contributed by atoms with Crippen LogP contribution in [0.3, 0.4) is 0 Å². The smallest absolute Gasteiger partial charge is 0.319 e. The van der Waals surface area contributed by atoms with Crippen molar-refractivity contribution in [3.63, 3.8) is 0 Å². The number of anilines is 2. The molecule has 1 atom stereocenters. The summed E-state index contributed by atoms with van der Waals surface area (Å²) in [6.07, 6.45) is -1.09. The molecule has 134 valence electrons. The second-order valence-corrected chi connectivity index (χ2v) is 5.95. The molecule has 1 aliphatic rings. The van der Waals surface area contributed by atoms with Crippen LogP contribution in [-0.4, -0.2) is 11.0 Å². The van der Waals surface area contributed by atoms with Crippen molar-refractivity contribution in [2.75, 3.05) is 9.96 Å². The van der Waals surface area contributed by atoms with Crippen LogP contribution in [0.5, 0.6) is 0 Å². The van der Waals surface area contributed by atoms with Crippen LogP contribution in [-0.2, 0) is 4.84 Å². The molecule has 7 nitrogen and oxygen atoms in total. The number of carbonyl (C=O) groups excluding carboxylic acids is 1. The monoisotopic (exact) mass is 361 g/mol. The van der Waals surface area contributed by atoms with E-state index in [4.69, 9.17) is 4.84 Å². The normalized spacial score (nSPS) is 16.3. The van der Waals surface area contributed by atoms with E-state index >= 15 is 0 Å². The number of carbonyl (C=O) groups is 1. The molecule has 1 amide bonds. The minimum Gasteiger partial charge on any atom is -0.319 e. The van der Waals surface area contributed by atoms with Crippen molar-refractivity contribution in [2.45, 2.75) is 6.17 Å². The lowest BCUT2D eigenvalue weighted by molar-refractivity contribution is -0.384. The summed E-state index contributed by atoms with van der Waals surface area (Å²) in [5.41, 5.74) is 2.05.